The molecule has 4 amide bonds. The maximum Gasteiger partial charge on any atom is 0.321 e. The van der Waals surface area contributed by atoms with Crippen LogP contribution in [0.15, 0.2) is 47.6 Å². The van der Waals surface area contributed by atoms with E-state index in [9.17, 15) is 14.4 Å². The molecule has 1 aromatic carbocycles. The molecule has 2 saturated carbocycles. The molecule has 2 N–H and O–H groups in total. The maximum atomic E-state index is 13.8. The molecule has 210 valence electrons. The molecule has 5 rings (SSSR count). The Morgan fingerprint density at radius 3 is 2.44 bits per heavy atom. The van der Waals surface area contributed by atoms with Crippen LogP contribution in [-0.2, 0) is 15.1 Å². The fourth-order valence-corrected chi connectivity index (χ4v) is 6.90. The van der Waals surface area contributed by atoms with Gasteiger partial charge in [0.2, 0.25) is 11.8 Å². The van der Waals surface area contributed by atoms with Gasteiger partial charge in [-0.05, 0) is 64.1 Å². The smallest absolute Gasteiger partial charge is 0.321 e. The number of carbonyl (C=O) groups is 3. The van der Waals surface area contributed by atoms with E-state index in [4.69, 9.17) is 0 Å². The van der Waals surface area contributed by atoms with Gasteiger partial charge in [-0.3, -0.25) is 14.5 Å². The first-order valence-electron chi connectivity index (χ1n) is 14.3. The van der Waals surface area contributed by atoms with E-state index < -0.39 is 0 Å². The second-order valence-corrected chi connectivity index (χ2v) is 12.0. The van der Waals surface area contributed by atoms with E-state index in [2.05, 4.69) is 69.9 Å². The molecule has 9 nitrogen and oxygen atoms in total. The number of hydrogen-bond acceptors (Lipinski definition) is 5. The average molecular weight is 535 g/mol. The van der Waals surface area contributed by atoms with Crippen molar-refractivity contribution in [2.45, 2.75) is 62.4 Å². The summed E-state index contributed by atoms with van der Waals surface area (Å²) in [4.78, 5) is 49.3. The van der Waals surface area contributed by atoms with Gasteiger partial charge in [0, 0.05) is 38.3 Å². The van der Waals surface area contributed by atoms with E-state index >= 15 is 0 Å². The number of amidine groups is 1. The Hall–Kier alpha value is -3.20. The summed E-state index contributed by atoms with van der Waals surface area (Å²) >= 11 is 0. The lowest BCUT2D eigenvalue weighted by atomic mass is 9.68. The summed E-state index contributed by atoms with van der Waals surface area (Å²) in [6.07, 6.45) is 10.9. The van der Waals surface area contributed by atoms with E-state index in [1.807, 2.05) is 0 Å². The molecular formula is C30H42N6O3. The molecule has 0 bridgehead atoms. The van der Waals surface area contributed by atoms with Gasteiger partial charge in [-0.15, -0.1) is 0 Å². The Bertz CT molecular complexity index is 1130. The molecule has 1 saturated heterocycles. The van der Waals surface area contributed by atoms with Crippen molar-refractivity contribution < 1.29 is 14.4 Å². The maximum absolute atomic E-state index is 13.8. The van der Waals surface area contributed by atoms with Crippen molar-refractivity contribution >= 4 is 23.7 Å². The summed E-state index contributed by atoms with van der Waals surface area (Å²) in [6, 6.07) is 10.7. The van der Waals surface area contributed by atoms with E-state index in [-0.39, 0.29) is 41.4 Å². The molecule has 2 heterocycles. The third-order valence-electron chi connectivity index (χ3n) is 9.56. The molecule has 9 heteroatoms. The largest absolute Gasteiger partial charge is 0.359 e. The Morgan fingerprint density at radius 2 is 1.82 bits per heavy atom. The third kappa shape index (κ3) is 5.33. The second-order valence-electron chi connectivity index (χ2n) is 12.0. The molecular weight excluding hydrogens is 492 g/mol. The Balaban J connectivity index is 1.29. The molecule has 0 radical (unpaired) electrons. The predicted octanol–water partition coefficient (Wildman–Crippen LogP) is 3.09. The van der Waals surface area contributed by atoms with Gasteiger partial charge in [0.1, 0.15) is 12.4 Å². The Morgan fingerprint density at radius 1 is 1.10 bits per heavy atom. The summed E-state index contributed by atoms with van der Waals surface area (Å²) in [7, 11) is 5.91. The summed E-state index contributed by atoms with van der Waals surface area (Å²) in [6.45, 7) is 1.34. The lowest BCUT2D eigenvalue weighted by Crippen LogP contribution is -2.56. The molecule has 2 aliphatic carbocycles. The van der Waals surface area contributed by atoms with Gasteiger partial charge < -0.3 is 20.4 Å². The van der Waals surface area contributed by atoms with Crippen LogP contribution in [-0.4, -0.2) is 84.7 Å². The summed E-state index contributed by atoms with van der Waals surface area (Å²) in [5.74, 6) is 0.273. The molecule has 3 fully saturated rings. The molecule has 4 aliphatic rings. The van der Waals surface area contributed by atoms with Gasteiger partial charge in [-0.1, -0.05) is 42.8 Å². The van der Waals surface area contributed by atoms with Crippen LogP contribution < -0.4 is 10.6 Å². The highest BCUT2D eigenvalue weighted by Gasteiger charge is 2.55. The minimum absolute atomic E-state index is 0.00731. The van der Waals surface area contributed by atoms with Crippen LogP contribution in [0.4, 0.5) is 4.79 Å². The number of hydrogen-bond donors (Lipinski definition) is 2. The highest BCUT2D eigenvalue weighted by atomic mass is 16.2. The summed E-state index contributed by atoms with van der Waals surface area (Å²) in [5.41, 5.74) is 1.01. The van der Waals surface area contributed by atoms with E-state index in [0.29, 0.717) is 24.7 Å². The first kappa shape index (κ1) is 27.4. The van der Waals surface area contributed by atoms with Crippen LogP contribution in [0, 0.1) is 11.8 Å². The van der Waals surface area contributed by atoms with Gasteiger partial charge in [-0.2, -0.15) is 0 Å². The fraction of sp³-hybridized carbons (Fsp3) is 0.600. The van der Waals surface area contributed by atoms with Crippen molar-refractivity contribution in [2.75, 3.05) is 40.8 Å². The van der Waals surface area contributed by atoms with E-state index in [1.54, 1.807) is 24.2 Å². The quantitative estimate of drug-likeness (QED) is 0.562. The second kappa shape index (κ2) is 11.1. The zero-order valence-electron chi connectivity index (χ0n) is 23.5. The van der Waals surface area contributed by atoms with Crippen molar-refractivity contribution in [1.82, 2.24) is 25.3 Å². The lowest BCUT2D eigenvalue weighted by molar-refractivity contribution is -0.123. The van der Waals surface area contributed by atoms with E-state index in [0.717, 1.165) is 32.2 Å². The van der Waals surface area contributed by atoms with Crippen LogP contribution >= 0.6 is 0 Å². The van der Waals surface area contributed by atoms with Crippen LogP contribution in [0.5, 0.6) is 0 Å². The van der Waals surface area contributed by atoms with Crippen molar-refractivity contribution in [3.63, 3.8) is 0 Å². The van der Waals surface area contributed by atoms with Crippen LogP contribution in [0.1, 0.15) is 56.9 Å². The number of benzene rings is 1. The number of nitrogens with zero attached hydrogens (tertiary/aromatic N) is 4. The monoisotopic (exact) mass is 534 g/mol. The number of rotatable bonds is 7. The molecule has 1 spiro atoms. The summed E-state index contributed by atoms with van der Waals surface area (Å²) in [5, 5.41) is 5.49. The van der Waals surface area contributed by atoms with Gasteiger partial charge in [0.15, 0.2) is 0 Å². The van der Waals surface area contributed by atoms with Crippen molar-refractivity contribution in [1.29, 1.82) is 0 Å². The average Bonchev–Trinajstić information content (AvgIpc) is 3.16. The Labute approximate surface area is 231 Å². The minimum atomic E-state index is -0.360. The molecule has 2 aliphatic heterocycles. The van der Waals surface area contributed by atoms with Gasteiger partial charge in [0.05, 0.1) is 11.5 Å². The first-order chi connectivity index (χ1) is 18.8. The summed E-state index contributed by atoms with van der Waals surface area (Å²) < 4.78 is 0. The molecule has 0 aromatic heterocycles. The first-order valence-corrected chi connectivity index (χ1v) is 14.3. The highest BCUT2D eigenvalue weighted by molar-refractivity contribution is 6.02. The minimum Gasteiger partial charge on any atom is -0.359 e. The van der Waals surface area contributed by atoms with Crippen molar-refractivity contribution in [2.24, 2.45) is 16.8 Å². The Kier molecular flexibility index (Phi) is 7.80. The molecule has 1 unspecified atom stereocenters. The number of amides is 4. The van der Waals surface area contributed by atoms with Crippen LogP contribution in [0.25, 0.3) is 0 Å². The topological polar surface area (TPSA) is 97.3 Å². The van der Waals surface area contributed by atoms with E-state index in [1.165, 1.54) is 24.8 Å². The van der Waals surface area contributed by atoms with Gasteiger partial charge >= 0.3 is 6.03 Å². The molecule has 1 atom stereocenters. The number of carbonyl (C=O) groups excluding carboxylic acids is 3. The third-order valence-corrected chi connectivity index (χ3v) is 9.56. The predicted molar refractivity (Wildman–Crippen MR) is 151 cm³/mol. The standard InChI is InChI=1S/C30H42N6O3/c1-31-27(38)23-12-17-32-25(18-23)33-26(37)20-35-21-29(36(28(35)39)19-22-8-7-9-22)13-15-30(16-14-29,34(2)3)24-10-5-4-6-11-24/h4-6,10-12,17,22-23H,7-9,13-16,18-21H2,1-3H3,(H,31,38)(H,32,33,37). The number of nitrogens with one attached hydrogen (secondary N) is 2. The highest BCUT2D eigenvalue weighted by Crippen LogP contribution is 2.49. The zero-order valence-corrected chi connectivity index (χ0v) is 23.5. The van der Waals surface area contributed by atoms with Crippen LogP contribution in [0.3, 0.4) is 0 Å². The van der Waals surface area contributed by atoms with Crippen molar-refractivity contribution in [3.8, 4) is 0 Å². The number of urea groups is 1. The normalized spacial score (nSPS) is 29.0. The molecule has 1 aromatic rings. The number of aliphatic imine (C=N–C) groups is 1. The SMILES string of the molecule is CNC(=O)C1C=CN=C(NC(=O)CN2CC3(CCC(c4ccccc4)(N(C)C)CC3)N(CC3CCC3)C2=O)C1. The lowest BCUT2D eigenvalue weighted by Gasteiger charge is -2.51. The fourth-order valence-electron chi connectivity index (χ4n) is 6.90. The van der Waals surface area contributed by atoms with Gasteiger partial charge in [0.25, 0.3) is 0 Å². The van der Waals surface area contributed by atoms with Crippen LogP contribution in [0.2, 0.25) is 0 Å². The van der Waals surface area contributed by atoms with Crippen molar-refractivity contribution in [3.05, 3.63) is 48.2 Å². The molecule has 39 heavy (non-hydrogen) atoms. The van der Waals surface area contributed by atoms with Gasteiger partial charge in [-0.25, -0.2) is 9.79 Å². The zero-order chi connectivity index (χ0) is 27.6.